The smallest absolute Gasteiger partial charge is 0.119 e. The molecule has 0 aliphatic heterocycles. The Balaban J connectivity index is 0.000000576. The summed E-state index contributed by atoms with van der Waals surface area (Å²) in [7, 11) is 1.64. The van der Waals surface area contributed by atoms with Gasteiger partial charge in [0.25, 0.3) is 0 Å². The van der Waals surface area contributed by atoms with Gasteiger partial charge in [0, 0.05) is 13.5 Å². The Morgan fingerprint density at radius 2 is 0.490 bits per heavy atom. The molecule has 16 heteroatoms. The maximum absolute atomic E-state index is 10.3. The lowest BCUT2D eigenvalue weighted by molar-refractivity contribution is 0.115. The Bertz CT molecular complexity index is 4410. The zero-order valence-electron chi connectivity index (χ0n) is 97.0. The standard InChI is InChI=1S/C19H32O2.2C18H30O2.C18H22O.2C16H26O2.C15H24O2.C13H20O3/c1-5-9-16(10-6-2)14-21-18-12-8-11-17(13-18)19(20)15(4)7-3;2*1-4-8-15(9-5-2)14-20-18-11-7-10-16(13-18)12-17(19)6-3;1-2-3-8-17-11-7-12-18(15-17)19-14-13-16-9-5-4-6-10-16;2*1-4-13(5-2)12-18-16-9-7-8-14(11-16)10-15(17)6-3;1-3-5-6-11-17-14-10-7-9-13(12-14)15(16)8-4-2;1-3-5-13(14)11-6-4-7-12(10-11)16-9-8-15-2/h8,11-13,15-16,19-20H,5-7,9-10,14H2,1-4H3;2*7,10-11,13,15,17,19H,4-6,8-9,12,14H2,1-3H3;4-7,9-12,15H,2-3,8,13-14H2,1H3;2*7-9,11,13,15,17H,4-6,10,12H2,1-3H3;7,9-10,12,15-16H,3-6,8,11H2,1-2H3;4,6-7,10,13-14H,3,5,8-9H2,1-2H3/t15-,19-;2*17-;;2*15-;;/m110.10../s1. The van der Waals surface area contributed by atoms with Crippen molar-refractivity contribution in [3.8, 4) is 46.0 Å². The van der Waals surface area contributed by atoms with Crippen LogP contribution in [0.15, 0.2) is 224 Å². The normalized spacial score (nSPS) is 12.5. The number of rotatable bonds is 68. The molecule has 9 aromatic rings. The fourth-order valence-electron chi connectivity index (χ4n) is 16.9. The predicted octanol–water partition coefficient (Wildman–Crippen LogP) is 33.5. The molecule has 0 radical (unpaired) electrons. The van der Waals surface area contributed by atoms with Crippen molar-refractivity contribution in [2.24, 2.45) is 35.5 Å². The molecule has 0 aliphatic rings. The Hall–Kier alpha value is -8.94. The quantitative estimate of drug-likeness (QED) is 0.0176. The molecule has 0 heterocycles. The molecule has 0 amide bonds. The van der Waals surface area contributed by atoms with E-state index in [2.05, 4.69) is 178 Å². The lowest BCUT2D eigenvalue weighted by atomic mass is 9.95. The van der Waals surface area contributed by atoms with Crippen LogP contribution in [0.3, 0.4) is 0 Å². The third-order valence-corrected chi connectivity index (χ3v) is 27.1. The van der Waals surface area contributed by atoms with Gasteiger partial charge >= 0.3 is 0 Å². The minimum Gasteiger partial charge on any atom is -0.494 e. The molecule has 0 bridgehead atoms. The lowest BCUT2D eigenvalue weighted by Gasteiger charge is -2.19. The van der Waals surface area contributed by atoms with Crippen molar-refractivity contribution in [3.63, 3.8) is 0 Å². The third-order valence-electron chi connectivity index (χ3n) is 27.1. The fraction of sp³-hybridized carbons (Fsp3) is 0.594. The van der Waals surface area contributed by atoms with Gasteiger partial charge in [-0.15, -0.1) is 0 Å². The maximum atomic E-state index is 10.3. The fourth-order valence-corrected chi connectivity index (χ4v) is 16.9. The van der Waals surface area contributed by atoms with Crippen LogP contribution in [0.4, 0.5) is 0 Å². The van der Waals surface area contributed by atoms with Crippen LogP contribution in [0.5, 0.6) is 46.0 Å². The van der Waals surface area contributed by atoms with Crippen LogP contribution < -0.4 is 37.9 Å². The number of hydrogen-bond donors (Lipinski definition) is 7. The second-order valence-electron chi connectivity index (χ2n) is 40.3. The van der Waals surface area contributed by atoms with Crippen LogP contribution in [0, 0.1) is 35.5 Å². The van der Waals surface area contributed by atoms with Gasteiger partial charge < -0.3 is 78.4 Å². The topological polar surface area (TPSA) is 225 Å². The van der Waals surface area contributed by atoms with Crippen LogP contribution in [-0.2, 0) is 43.3 Å². The van der Waals surface area contributed by atoms with Gasteiger partial charge in [0.05, 0.1) is 95.6 Å². The molecule has 0 fully saturated rings. The van der Waals surface area contributed by atoms with E-state index in [1.807, 2.05) is 185 Å². The first-order valence-corrected chi connectivity index (χ1v) is 58.4. The van der Waals surface area contributed by atoms with Crippen molar-refractivity contribution < 1.29 is 78.4 Å². The van der Waals surface area contributed by atoms with Gasteiger partial charge in [0.2, 0.25) is 0 Å². The SMILES string of the molecule is CCC(CC)COc1cccc(C[C@@H](O)CC)c1.CCC(CC)COc1cccc(C[C@H](O)CC)c1.CCCC(CCC)COc1cccc(C[C@@H](O)CC)c1.CCCC(CCC)COc1cccc(C[C@H](O)CC)c1.CCCC(CCC)COc1cccc([C@H](O)[C@H](C)CC)c1.CCCC(O)c1cccc(OCCOC)c1.CCCCCOc1cccc(C(O)CCC)c1.CCCCc1cccc(OCCc2ccccc2)c1. The number of aliphatic hydroxyl groups is 7. The van der Waals surface area contributed by atoms with Crippen LogP contribution in [0.2, 0.25) is 0 Å². The van der Waals surface area contributed by atoms with E-state index in [-0.39, 0.29) is 36.4 Å². The number of ether oxygens (including phenoxy) is 9. The number of methoxy groups -OCH3 is 1. The monoisotopic (exact) mass is 2060 g/mol. The van der Waals surface area contributed by atoms with Gasteiger partial charge in [0.15, 0.2) is 0 Å². The van der Waals surface area contributed by atoms with E-state index in [1.54, 1.807) is 7.11 Å². The van der Waals surface area contributed by atoms with E-state index in [0.29, 0.717) is 68.5 Å². The van der Waals surface area contributed by atoms with Crippen molar-refractivity contribution in [1.29, 1.82) is 0 Å². The molecule has 149 heavy (non-hydrogen) atoms. The molecule has 0 aromatic heterocycles. The summed E-state index contributed by atoms with van der Waals surface area (Å²) in [6.45, 7) is 49.5. The summed E-state index contributed by atoms with van der Waals surface area (Å²) < 4.78 is 51.4. The van der Waals surface area contributed by atoms with Crippen LogP contribution >= 0.6 is 0 Å². The van der Waals surface area contributed by atoms with Gasteiger partial charge in [0.1, 0.15) is 52.6 Å². The van der Waals surface area contributed by atoms with Crippen LogP contribution in [0.25, 0.3) is 0 Å². The Morgan fingerprint density at radius 3 is 0.805 bits per heavy atom. The van der Waals surface area contributed by atoms with Gasteiger partial charge in [-0.3, -0.25) is 0 Å². The molecule has 9 aromatic carbocycles. The molecule has 0 saturated heterocycles. The number of aryl methyl sites for hydroxylation is 1. The number of benzene rings is 9. The third kappa shape index (κ3) is 65.9. The molecule has 2 unspecified atom stereocenters. The summed E-state index contributed by atoms with van der Waals surface area (Å²) in [6.07, 6.45) is 35.8. The highest BCUT2D eigenvalue weighted by Gasteiger charge is 2.19. The van der Waals surface area contributed by atoms with Crippen molar-refractivity contribution in [3.05, 3.63) is 275 Å². The summed E-state index contributed by atoms with van der Waals surface area (Å²) in [5.41, 5.74) is 10.1. The van der Waals surface area contributed by atoms with Gasteiger partial charge in [-0.25, -0.2) is 0 Å². The maximum Gasteiger partial charge on any atom is 0.119 e. The molecular formula is C133H210O16. The van der Waals surface area contributed by atoms with Crippen molar-refractivity contribution >= 4 is 0 Å². The number of unbranched alkanes of at least 4 members (excludes halogenated alkanes) is 3. The van der Waals surface area contributed by atoms with Crippen molar-refractivity contribution in [2.75, 3.05) is 66.6 Å². The first-order chi connectivity index (χ1) is 72.3. The lowest BCUT2D eigenvalue weighted by Crippen LogP contribution is -2.12. The second-order valence-corrected chi connectivity index (χ2v) is 40.3. The zero-order chi connectivity index (χ0) is 110. The second kappa shape index (κ2) is 89.5. The van der Waals surface area contributed by atoms with E-state index < -0.39 is 12.2 Å². The van der Waals surface area contributed by atoms with Gasteiger partial charge in [-0.05, 0) is 305 Å². The first kappa shape index (κ1) is 136. The van der Waals surface area contributed by atoms with E-state index in [1.165, 1.54) is 114 Å². The Labute approximate surface area is 907 Å². The molecule has 0 saturated carbocycles. The van der Waals surface area contributed by atoms with Crippen molar-refractivity contribution in [1.82, 2.24) is 0 Å². The minimum atomic E-state index is -0.402. The summed E-state index contributed by atoms with van der Waals surface area (Å²) >= 11 is 0. The molecule has 0 aliphatic carbocycles. The highest BCUT2D eigenvalue weighted by molar-refractivity contribution is 5.36. The zero-order valence-corrected chi connectivity index (χ0v) is 97.0. The van der Waals surface area contributed by atoms with E-state index in [4.69, 9.17) is 42.6 Å². The average Bonchev–Trinajstić information content (AvgIpc) is 0.863. The van der Waals surface area contributed by atoms with E-state index >= 15 is 0 Å². The molecule has 0 spiro atoms. The largest absolute Gasteiger partial charge is 0.494 e. The van der Waals surface area contributed by atoms with E-state index in [9.17, 15) is 35.7 Å². The highest BCUT2D eigenvalue weighted by Crippen LogP contribution is 2.32. The molecule has 7 N–H and O–H groups in total. The van der Waals surface area contributed by atoms with Gasteiger partial charge in [-0.1, -0.05) is 369 Å². The predicted molar refractivity (Wildman–Crippen MR) is 628 cm³/mol. The Morgan fingerprint density at radius 1 is 0.215 bits per heavy atom. The average molecular weight is 2070 g/mol. The summed E-state index contributed by atoms with van der Waals surface area (Å²) in [6, 6.07) is 74.7. The summed E-state index contributed by atoms with van der Waals surface area (Å²) in [5, 5.41) is 68.8. The number of hydrogen-bond acceptors (Lipinski definition) is 16. The van der Waals surface area contributed by atoms with Gasteiger partial charge in [-0.2, -0.15) is 0 Å². The minimum absolute atomic E-state index is 0.251. The van der Waals surface area contributed by atoms with Crippen LogP contribution in [0.1, 0.15) is 399 Å². The highest BCUT2D eigenvalue weighted by atomic mass is 16.5. The first-order valence-electron chi connectivity index (χ1n) is 58.4. The molecule has 9 rings (SSSR count). The molecule has 838 valence electrons. The van der Waals surface area contributed by atoms with Crippen molar-refractivity contribution in [2.45, 2.75) is 412 Å². The number of aliphatic hydroxyl groups excluding tert-OH is 7. The summed E-state index contributed by atoms with van der Waals surface area (Å²) in [5.74, 6) is 10.7. The Kier molecular flexibility index (Phi) is 81.8. The van der Waals surface area contributed by atoms with Crippen LogP contribution in [-0.4, -0.2) is 127 Å². The molecule has 8 atom stereocenters. The molecular weight excluding hydrogens is 1850 g/mol. The molecule has 16 nitrogen and oxygen atoms in total. The van der Waals surface area contributed by atoms with E-state index in [0.717, 1.165) is 234 Å². The summed E-state index contributed by atoms with van der Waals surface area (Å²) in [4.78, 5) is 0.